The number of carbonyl (C=O) groups is 3. The standard InChI is InChI=1S/C25H30FNO6/c1-14-7-15-3-2-6-25(10-14,11-15)13-33-21-9-19(26)18(8-17(21)16-4-5-16)22(28)27-20(23(29)30)12-32-24(27)31/h8-9,14-16,20H,2-7,10-13H2,1H3,(H,29,30)/t14?,15?,20-,25?/m0/s1. The smallest absolute Gasteiger partial charge is 0.417 e. The van der Waals surface area contributed by atoms with Crippen LogP contribution in [0, 0.1) is 23.1 Å². The fraction of sp³-hybridized carbons (Fsp3) is 0.640. The molecule has 8 heteroatoms. The van der Waals surface area contributed by atoms with E-state index >= 15 is 4.39 Å². The van der Waals surface area contributed by atoms with Gasteiger partial charge < -0.3 is 14.6 Å². The van der Waals surface area contributed by atoms with Gasteiger partial charge in [0.05, 0.1) is 12.2 Å². The Hall–Kier alpha value is -2.64. The van der Waals surface area contributed by atoms with Crippen LogP contribution in [0.1, 0.15) is 80.1 Å². The first-order valence-corrected chi connectivity index (χ1v) is 12.0. The number of hydrogen-bond donors (Lipinski definition) is 1. The van der Waals surface area contributed by atoms with Crippen molar-refractivity contribution in [3.8, 4) is 5.75 Å². The van der Waals surface area contributed by atoms with E-state index in [4.69, 9.17) is 9.47 Å². The summed E-state index contributed by atoms with van der Waals surface area (Å²) in [5.41, 5.74) is 0.559. The molecule has 1 heterocycles. The van der Waals surface area contributed by atoms with Crippen LogP contribution in [-0.2, 0) is 9.53 Å². The number of carbonyl (C=O) groups excluding carboxylic acids is 2. The molecule has 1 N–H and O–H groups in total. The molecule has 0 radical (unpaired) electrons. The average Bonchev–Trinajstić information content (AvgIpc) is 3.52. The lowest BCUT2D eigenvalue weighted by Crippen LogP contribution is -2.43. The van der Waals surface area contributed by atoms with E-state index in [9.17, 15) is 19.5 Å². The van der Waals surface area contributed by atoms with Crippen molar-refractivity contribution in [2.24, 2.45) is 17.3 Å². The van der Waals surface area contributed by atoms with Gasteiger partial charge in [-0.15, -0.1) is 0 Å². The highest BCUT2D eigenvalue weighted by molar-refractivity contribution is 6.06. The molecule has 1 aromatic rings. The summed E-state index contributed by atoms with van der Waals surface area (Å²) in [6.45, 7) is 2.40. The summed E-state index contributed by atoms with van der Waals surface area (Å²) in [6, 6.07) is 1.22. The SMILES string of the molecule is CC1CC2CCCC(COc3cc(F)c(C(=O)N4C(=O)OC[C@H]4C(=O)O)cc3C3CC3)(C1)C2. The summed E-state index contributed by atoms with van der Waals surface area (Å²) in [4.78, 5) is 36.9. The van der Waals surface area contributed by atoms with E-state index in [-0.39, 0.29) is 16.9 Å². The molecule has 4 aliphatic rings. The van der Waals surface area contributed by atoms with Crippen LogP contribution in [0.4, 0.5) is 9.18 Å². The molecule has 4 atom stereocenters. The molecular formula is C25H30FNO6. The molecule has 7 nitrogen and oxygen atoms in total. The molecule has 4 fully saturated rings. The van der Waals surface area contributed by atoms with E-state index in [1.54, 1.807) is 0 Å². The number of benzene rings is 1. The number of nitrogens with zero attached hydrogens (tertiary/aromatic N) is 1. The summed E-state index contributed by atoms with van der Waals surface area (Å²) >= 11 is 0. The molecule has 0 aromatic heterocycles. The number of carboxylic acids is 1. The lowest BCUT2D eigenvalue weighted by Gasteiger charge is -2.47. The molecule has 178 valence electrons. The second kappa shape index (κ2) is 8.29. The van der Waals surface area contributed by atoms with Gasteiger partial charge in [-0.1, -0.05) is 19.8 Å². The highest BCUT2D eigenvalue weighted by Crippen LogP contribution is 2.52. The summed E-state index contributed by atoms with van der Waals surface area (Å²) in [5.74, 6) is -1.15. The highest BCUT2D eigenvalue weighted by atomic mass is 19.1. The van der Waals surface area contributed by atoms with Crippen molar-refractivity contribution in [3.05, 3.63) is 29.1 Å². The highest BCUT2D eigenvalue weighted by Gasteiger charge is 2.45. The number of rotatable bonds is 6. The summed E-state index contributed by atoms with van der Waals surface area (Å²) in [5, 5.41) is 9.31. The molecule has 2 amide bonds. The molecule has 1 aromatic carbocycles. The lowest BCUT2D eigenvalue weighted by atomic mass is 9.59. The second-order valence-corrected chi connectivity index (χ2v) is 10.5. The van der Waals surface area contributed by atoms with Gasteiger partial charge in [0.15, 0.2) is 6.04 Å². The van der Waals surface area contributed by atoms with Crippen LogP contribution >= 0.6 is 0 Å². The van der Waals surface area contributed by atoms with Gasteiger partial charge in [-0.05, 0) is 67.9 Å². The number of cyclic esters (lactones) is 1. The Labute approximate surface area is 192 Å². The Kier molecular flexibility index (Phi) is 5.57. The Morgan fingerprint density at radius 2 is 2.06 bits per heavy atom. The summed E-state index contributed by atoms with van der Waals surface area (Å²) in [6.07, 6.45) is 7.92. The number of fused-ring (bicyclic) bond motifs is 2. The number of imide groups is 1. The zero-order chi connectivity index (χ0) is 23.3. The number of hydrogen-bond acceptors (Lipinski definition) is 5. The quantitative estimate of drug-likeness (QED) is 0.661. The van der Waals surface area contributed by atoms with Gasteiger partial charge in [-0.25, -0.2) is 18.9 Å². The van der Waals surface area contributed by atoms with Crippen molar-refractivity contribution < 1.29 is 33.4 Å². The zero-order valence-electron chi connectivity index (χ0n) is 18.8. The maximum Gasteiger partial charge on any atom is 0.417 e. The normalized spacial score (nSPS) is 31.3. The lowest BCUT2D eigenvalue weighted by molar-refractivity contribution is -0.140. The number of aliphatic carboxylic acids is 1. The van der Waals surface area contributed by atoms with Crippen LogP contribution in [0.25, 0.3) is 0 Å². The third-order valence-corrected chi connectivity index (χ3v) is 7.82. The van der Waals surface area contributed by atoms with E-state index in [1.165, 1.54) is 31.4 Å². The van der Waals surface area contributed by atoms with Gasteiger partial charge >= 0.3 is 12.1 Å². The van der Waals surface area contributed by atoms with Crippen LogP contribution in [-0.4, -0.2) is 47.2 Å². The first-order valence-electron chi connectivity index (χ1n) is 12.0. The van der Waals surface area contributed by atoms with E-state index < -0.39 is 36.4 Å². The third-order valence-electron chi connectivity index (χ3n) is 7.82. The van der Waals surface area contributed by atoms with Gasteiger partial charge in [0.25, 0.3) is 5.91 Å². The second-order valence-electron chi connectivity index (χ2n) is 10.5. The van der Waals surface area contributed by atoms with Crippen molar-refractivity contribution in [1.29, 1.82) is 0 Å². The zero-order valence-corrected chi connectivity index (χ0v) is 18.8. The molecule has 0 spiro atoms. The number of carboxylic acid groups (broad SMARTS) is 1. The van der Waals surface area contributed by atoms with Gasteiger partial charge in [0.1, 0.15) is 18.2 Å². The first-order chi connectivity index (χ1) is 15.8. The van der Waals surface area contributed by atoms with Crippen LogP contribution in [0.2, 0.25) is 0 Å². The van der Waals surface area contributed by atoms with Crippen LogP contribution in [0.3, 0.4) is 0 Å². The molecule has 1 aliphatic heterocycles. The number of amides is 2. The first kappa shape index (κ1) is 22.2. The van der Waals surface area contributed by atoms with Crippen molar-refractivity contribution >= 4 is 18.0 Å². The minimum atomic E-state index is -1.46. The Balaban J connectivity index is 1.40. The Morgan fingerprint density at radius 3 is 2.79 bits per heavy atom. The van der Waals surface area contributed by atoms with Gasteiger partial charge in [0, 0.05) is 11.5 Å². The molecule has 33 heavy (non-hydrogen) atoms. The van der Waals surface area contributed by atoms with Crippen molar-refractivity contribution in [2.45, 2.75) is 70.3 Å². The fourth-order valence-corrected chi connectivity index (χ4v) is 6.31. The maximum absolute atomic E-state index is 15.1. The molecule has 3 aliphatic carbocycles. The minimum absolute atomic E-state index is 0.125. The maximum atomic E-state index is 15.1. The fourth-order valence-electron chi connectivity index (χ4n) is 6.31. The van der Waals surface area contributed by atoms with Crippen LogP contribution < -0.4 is 4.74 Å². The largest absolute Gasteiger partial charge is 0.493 e. The van der Waals surface area contributed by atoms with Gasteiger partial charge in [0.2, 0.25) is 0 Å². The number of halogens is 1. The van der Waals surface area contributed by atoms with Gasteiger partial charge in [-0.3, -0.25) is 4.79 Å². The molecule has 1 saturated heterocycles. The molecule has 3 saturated carbocycles. The number of ether oxygens (including phenoxy) is 2. The topological polar surface area (TPSA) is 93.1 Å². The van der Waals surface area contributed by atoms with Gasteiger partial charge in [-0.2, -0.15) is 0 Å². The Bertz CT molecular complexity index is 987. The monoisotopic (exact) mass is 459 g/mol. The molecular weight excluding hydrogens is 429 g/mol. The predicted octanol–water partition coefficient (Wildman–Crippen LogP) is 4.73. The molecule has 2 bridgehead atoms. The summed E-state index contributed by atoms with van der Waals surface area (Å²) < 4.78 is 26.1. The summed E-state index contributed by atoms with van der Waals surface area (Å²) in [7, 11) is 0. The van der Waals surface area contributed by atoms with Crippen molar-refractivity contribution in [1.82, 2.24) is 4.90 Å². The third kappa shape index (κ3) is 4.20. The molecule has 5 rings (SSSR count). The van der Waals surface area contributed by atoms with Crippen LogP contribution in [0.15, 0.2) is 12.1 Å². The Morgan fingerprint density at radius 1 is 1.27 bits per heavy atom. The van der Waals surface area contributed by atoms with E-state index in [0.717, 1.165) is 43.6 Å². The minimum Gasteiger partial charge on any atom is -0.493 e. The van der Waals surface area contributed by atoms with E-state index in [1.807, 2.05) is 0 Å². The van der Waals surface area contributed by atoms with E-state index in [2.05, 4.69) is 6.92 Å². The van der Waals surface area contributed by atoms with Crippen LogP contribution in [0.5, 0.6) is 5.75 Å². The predicted molar refractivity (Wildman–Crippen MR) is 116 cm³/mol. The van der Waals surface area contributed by atoms with E-state index in [0.29, 0.717) is 23.2 Å². The van der Waals surface area contributed by atoms with Crippen molar-refractivity contribution in [2.75, 3.05) is 13.2 Å². The average molecular weight is 460 g/mol. The van der Waals surface area contributed by atoms with Crippen molar-refractivity contribution in [3.63, 3.8) is 0 Å². The molecule has 3 unspecified atom stereocenters.